The number of ether oxygens (including phenoxy) is 1. The fourth-order valence-electron chi connectivity index (χ4n) is 1.48. The van der Waals surface area contributed by atoms with Crippen LogP contribution in [0.2, 0.25) is 0 Å². The molecule has 1 fully saturated rings. The van der Waals surface area contributed by atoms with Crippen LogP contribution in [0.3, 0.4) is 0 Å². The van der Waals surface area contributed by atoms with Gasteiger partial charge in [0, 0.05) is 25.6 Å². The standard InChI is InChI=1S/C9H13N3O3/c13-8-3-7(4-11-12-8)10-5-9(14)1-2-15-6-9/h3-4,14H,1-2,5-6H2,(H2,10,12,13). The van der Waals surface area contributed by atoms with Crippen LogP contribution in [-0.4, -0.2) is 40.7 Å². The summed E-state index contributed by atoms with van der Waals surface area (Å²) in [5.74, 6) is 0. The molecule has 0 amide bonds. The third-order valence-corrected chi connectivity index (χ3v) is 2.37. The number of hydrogen-bond acceptors (Lipinski definition) is 5. The second-order valence-electron chi connectivity index (χ2n) is 3.71. The number of aromatic nitrogens is 2. The molecule has 1 saturated heterocycles. The van der Waals surface area contributed by atoms with Gasteiger partial charge in [-0.25, -0.2) is 5.10 Å². The highest BCUT2D eigenvalue weighted by Gasteiger charge is 2.31. The van der Waals surface area contributed by atoms with E-state index in [9.17, 15) is 9.90 Å². The van der Waals surface area contributed by atoms with E-state index in [-0.39, 0.29) is 5.56 Å². The monoisotopic (exact) mass is 211 g/mol. The van der Waals surface area contributed by atoms with Crippen LogP contribution in [0.15, 0.2) is 17.1 Å². The molecule has 1 aliphatic rings. The maximum absolute atomic E-state index is 10.9. The molecule has 82 valence electrons. The Morgan fingerprint density at radius 1 is 1.73 bits per heavy atom. The highest BCUT2D eigenvalue weighted by Crippen LogP contribution is 2.18. The Morgan fingerprint density at radius 3 is 3.27 bits per heavy atom. The lowest BCUT2D eigenvalue weighted by atomic mass is 10.0. The molecule has 6 nitrogen and oxygen atoms in total. The quantitative estimate of drug-likeness (QED) is 0.617. The van der Waals surface area contributed by atoms with E-state index >= 15 is 0 Å². The van der Waals surface area contributed by atoms with Gasteiger partial charge in [0.25, 0.3) is 5.56 Å². The minimum Gasteiger partial charge on any atom is -0.386 e. The predicted molar refractivity (Wildman–Crippen MR) is 53.7 cm³/mol. The van der Waals surface area contributed by atoms with Crippen molar-refractivity contribution in [1.82, 2.24) is 10.2 Å². The first-order valence-electron chi connectivity index (χ1n) is 4.77. The van der Waals surface area contributed by atoms with Crippen molar-refractivity contribution in [2.45, 2.75) is 12.0 Å². The van der Waals surface area contributed by atoms with E-state index in [1.807, 2.05) is 0 Å². The summed E-state index contributed by atoms with van der Waals surface area (Å²) in [5, 5.41) is 18.8. The van der Waals surface area contributed by atoms with Crippen molar-refractivity contribution in [3.8, 4) is 0 Å². The lowest BCUT2D eigenvalue weighted by Gasteiger charge is -2.20. The molecule has 2 heterocycles. The molecule has 0 bridgehead atoms. The molecule has 2 rings (SSSR count). The summed E-state index contributed by atoms with van der Waals surface area (Å²) in [5.41, 5.74) is -0.503. The fraction of sp³-hybridized carbons (Fsp3) is 0.556. The largest absolute Gasteiger partial charge is 0.386 e. The molecule has 0 saturated carbocycles. The molecule has 1 unspecified atom stereocenters. The molecule has 1 aliphatic heterocycles. The van der Waals surface area contributed by atoms with Gasteiger partial charge in [0.2, 0.25) is 0 Å². The Kier molecular flexibility index (Phi) is 2.70. The minimum atomic E-state index is -0.831. The Morgan fingerprint density at radius 2 is 2.60 bits per heavy atom. The van der Waals surface area contributed by atoms with E-state index in [1.54, 1.807) is 0 Å². The zero-order valence-corrected chi connectivity index (χ0v) is 8.19. The lowest BCUT2D eigenvalue weighted by molar-refractivity contribution is 0.0382. The average Bonchev–Trinajstić information content (AvgIpc) is 2.63. The third-order valence-electron chi connectivity index (χ3n) is 2.37. The zero-order chi connectivity index (χ0) is 10.7. The lowest BCUT2D eigenvalue weighted by Crippen LogP contribution is -2.37. The van der Waals surface area contributed by atoms with Crippen molar-refractivity contribution in [2.24, 2.45) is 0 Å². The predicted octanol–water partition coefficient (Wildman–Crippen LogP) is -0.667. The van der Waals surface area contributed by atoms with E-state index in [4.69, 9.17) is 4.74 Å². The van der Waals surface area contributed by atoms with Gasteiger partial charge >= 0.3 is 0 Å². The molecular weight excluding hydrogens is 198 g/mol. The van der Waals surface area contributed by atoms with Gasteiger partial charge in [-0.05, 0) is 0 Å². The molecular formula is C9H13N3O3. The Bertz CT molecular complexity index is 384. The maximum Gasteiger partial charge on any atom is 0.266 e. The van der Waals surface area contributed by atoms with Crippen molar-refractivity contribution in [3.63, 3.8) is 0 Å². The molecule has 1 aromatic heterocycles. The summed E-state index contributed by atoms with van der Waals surface area (Å²) in [6, 6.07) is 1.40. The van der Waals surface area contributed by atoms with Crippen molar-refractivity contribution >= 4 is 5.69 Å². The number of hydrogen-bond donors (Lipinski definition) is 3. The summed E-state index contributed by atoms with van der Waals surface area (Å²) < 4.78 is 5.10. The fourth-order valence-corrected chi connectivity index (χ4v) is 1.48. The van der Waals surface area contributed by atoms with Gasteiger partial charge in [-0.3, -0.25) is 4.79 Å². The number of nitrogens with zero attached hydrogens (tertiary/aromatic N) is 1. The molecule has 0 aromatic carbocycles. The SMILES string of the molecule is O=c1cc(NCC2(O)CCOC2)cn[nH]1. The molecule has 3 N–H and O–H groups in total. The first kappa shape index (κ1) is 10.1. The van der Waals surface area contributed by atoms with Gasteiger partial charge < -0.3 is 15.2 Å². The number of anilines is 1. The summed E-state index contributed by atoms with van der Waals surface area (Å²) in [7, 11) is 0. The van der Waals surface area contributed by atoms with Crippen LogP contribution < -0.4 is 10.9 Å². The smallest absolute Gasteiger partial charge is 0.266 e. The van der Waals surface area contributed by atoms with Gasteiger partial charge in [0.05, 0.1) is 18.5 Å². The van der Waals surface area contributed by atoms with Gasteiger partial charge in [-0.1, -0.05) is 0 Å². The summed E-state index contributed by atoms with van der Waals surface area (Å²) in [6.07, 6.45) is 2.11. The van der Waals surface area contributed by atoms with E-state index < -0.39 is 5.60 Å². The summed E-state index contributed by atoms with van der Waals surface area (Å²) in [6.45, 7) is 1.26. The molecule has 1 atom stereocenters. The summed E-state index contributed by atoms with van der Waals surface area (Å²) in [4.78, 5) is 10.9. The number of H-pyrrole nitrogens is 1. The van der Waals surface area contributed by atoms with Crippen LogP contribution >= 0.6 is 0 Å². The molecule has 15 heavy (non-hydrogen) atoms. The normalized spacial score (nSPS) is 25.4. The number of aromatic amines is 1. The van der Waals surface area contributed by atoms with E-state index in [0.717, 1.165) is 0 Å². The van der Waals surface area contributed by atoms with Crippen molar-refractivity contribution in [1.29, 1.82) is 0 Å². The second-order valence-corrected chi connectivity index (χ2v) is 3.71. The third kappa shape index (κ3) is 2.54. The second kappa shape index (κ2) is 4.00. The van der Waals surface area contributed by atoms with Gasteiger partial charge in [-0.2, -0.15) is 5.10 Å². The summed E-state index contributed by atoms with van der Waals surface area (Å²) >= 11 is 0. The topological polar surface area (TPSA) is 87.2 Å². The molecule has 0 radical (unpaired) electrons. The van der Waals surface area contributed by atoms with Crippen LogP contribution in [0.5, 0.6) is 0 Å². The molecule has 1 aromatic rings. The van der Waals surface area contributed by atoms with Crippen LogP contribution in [0.1, 0.15) is 6.42 Å². The van der Waals surface area contributed by atoms with E-state index in [2.05, 4.69) is 15.5 Å². The van der Waals surface area contributed by atoms with Crippen molar-refractivity contribution in [3.05, 3.63) is 22.6 Å². The van der Waals surface area contributed by atoms with Crippen molar-refractivity contribution in [2.75, 3.05) is 25.1 Å². The van der Waals surface area contributed by atoms with E-state index in [0.29, 0.717) is 31.9 Å². The molecule has 0 spiro atoms. The highest BCUT2D eigenvalue weighted by molar-refractivity contribution is 5.39. The number of nitrogens with one attached hydrogen (secondary N) is 2. The van der Waals surface area contributed by atoms with Gasteiger partial charge in [0.1, 0.15) is 5.60 Å². The van der Waals surface area contributed by atoms with Gasteiger partial charge in [-0.15, -0.1) is 0 Å². The van der Waals surface area contributed by atoms with Crippen molar-refractivity contribution < 1.29 is 9.84 Å². The van der Waals surface area contributed by atoms with Crippen LogP contribution in [-0.2, 0) is 4.74 Å². The first-order valence-corrected chi connectivity index (χ1v) is 4.77. The molecule has 6 heteroatoms. The van der Waals surface area contributed by atoms with Crippen LogP contribution in [0.4, 0.5) is 5.69 Å². The Hall–Kier alpha value is -1.40. The number of aliphatic hydroxyl groups is 1. The van der Waals surface area contributed by atoms with Crippen LogP contribution in [0, 0.1) is 0 Å². The molecule has 0 aliphatic carbocycles. The Labute approximate surface area is 86.3 Å². The average molecular weight is 211 g/mol. The Balaban J connectivity index is 1.95. The zero-order valence-electron chi connectivity index (χ0n) is 8.19. The number of rotatable bonds is 3. The maximum atomic E-state index is 10.9. The first-order chi connectivity index (χ1) is 7.18. The van der Waals surface area contributed by atoms with E-state index in [1.165, 1.54) is 12.3 Å². The van der Waals surface area contributed by atoms with Crippen LogP contribution in [0.25, 0.3) is 0 Å². The highest BCUT2D eigenvalue weighted by atomic mass is 16.5. The minimum absolute atomic E-state index is 0.269. The van der Waals surface area contributed by atoms with Gasteiger partial charge in [0.15, 0.2) is 0 Å².